The summed E-state index contributed by atoms with van der Waals surface area (Å²) in [6, 6.07) is 16.8. The molecule has 4 aromatic rings. The van der Waals surface area contributed by atoms with Gasteiger partial charge in [-0.25, -0.2) is 9.97 Å². The summed E-state index contributed by atoms with van der Waals surface area (Å²) in [6.45, 7) is 4.73. The van der Waals surface area contributed by atoms with Crippen LogP contribution in [0.25, 0.3) is 10.2 Å². The van der Waals surface area contributed by atoms with Gasteiger partial charge in [0.25, 0.3) is 5.91 Å². The van der Waals surface area contributed by atoms with Gasteiger partial charge in [-0.15, -0.1) is 11.3 Å². The Morgan fingerprint density at radius 2 is 1.88 bits per heavy atom. The summed E-state index contributed by atoms with van der Waals surface area (Å²) in [5, 5.41) is 4.42. The van der Waals surface area contributed by atoms with Gasteiger partial charge in [0.15, 0.2) is 0 Å². The molecule has 1 unspecified atom stereocenters. The van der Waals surface area contributed by atoms with E-state index in [9.17, 15) is 4.79 Å². The van der Waals surface area contributed by atoms with Crippen LogP contribution in [0.5, 0.6) is 0 Å². The van der Waals surface area contributed by atoms with Gasteiger partial charge in [0.1, 0.15) is 17.0 Å². The minimum Gasteiger partial charge on any atom is -0.371 e. The van der Waals surface area contributed by atoms with E-state index in [0.717, 1.165) is 52.5 Å². The Labute approximate surface area is 202 Å². The van der Waals surface area contributed by atoms with Crippen LogP contribution < -0.4 is 5.32 Å². The number of carbonyl (C=O) groups excluding carboxylic acids is 1. The third-order valence-electron chi connectivity index (χ3n) is 6.89. The number of thiophene rings is 1. The van der Waals surface area contributed by atoms with Crippen molar-refractivity contribution in [1.29, 1.82) is 0 Å². The molecule has 0 spiro atoms. The second-order valence-corrected chi connectivity index (χ2v) is 9.89. The standard InChI is InChI=1S/C27H26N4O2S/c1-17-23-25(28-14-22-21-9-5-4-7-19(21)11-13-33-22)29-16-30-26(23)34-24(17)27(32)31-12-10-18-6-2-3-8-20(18)15-31/h2-9,16,22H,10-15H2,1H3,(H,28,29,30). The van der Waals surface area contributed by atoms with Crippen molar-refractivity contribution >= 4 is 33.3 Å². The summed E-state index contributed by atoms with van der Waals surface area (Å²) in [5.74, 6) is 0.832. The third-order valence-corrected chi connectivity index (χ3v) is 8.07. The predicted molar refractivity (Wildman–Crippen MR) is 134 cm³/mol. The van der Waals surface area contributed by atoms with E-state index in [2.05, 4.69) is 57.7 Å². The van der Waals surface area contributed by atoms with Gasteiger partial charge in [0.2, 0.25) is 0 Å². The van der Waals surface area contributed by atoms with Crippen molar-refractivity contribution in [2.45, 2.75) is 32.4 Å². The number of benzene rings is 2. The van der Waals surface area contributed by atoms with Crippen molar-refractivity contribution in [3.05, 3.63) is 87.6 Å². The molecule has 2 aromatic carbocycles. The number of hydrogen-bond donors (Lipinski definition) is 1. The fourth-order valence-corrected chi connectivity index (χ4v) is 6.17. The quantitative estimate of drug-likeness (QED) is 0.458. The summed E-state index contributed by atoms with van der Waals surface area (Å²) in [7, 11) is 0. The highest BCUT2D eigenvalue weighted by Gasteiger charge is 2.27. The van der Waals surface area contributed by atoms with Crippen LogP contribution in [0.3, 0.4) is 0 Å². The van der Waals surface area contributed by atoms with Crippen molar-refractivity contribution in [2.75, 3.05) is 25.0 Å². The van der Waals surface area contributed by atoms with Crippen LogP contribution in [-0.2, 0) is 24.1 Å². The molecule has 2 aromatic heterocycles. The number of fused-ring (bicyclic) bond motifs is 3. The summed E-state index contributed by atoms with van der Waals surface area (Å²) in [6.07, 6.45) is 3.38. The van der Waals surface area contributed by atoms with E-state index in [1.807, 2.05) is 17.9 Å². The highest BCUT2D eigenvalue weighted by atomic mass is 32.1. The molecule has 4 heterocycles. The van der Waals surface area contributed by atoms with E-state index < -0.39 is 0 Å². The van der Waals surface area contributed by atoms with Crippen LogP contribution in [-0.4, -0.2) is 40.5 Å². The van der Waals surface area contributed by atoms with E-state index in [-0.39, 0.29) is 12.0 Å². The number of hydrogen-bond acceptors (Lipinski definition) is 6. The van der Waals surface area contributed by atoms with Crippen molar-refractivity contribution in [3.63, 3.8) is 0 Å². The Hall–Kier alpha value is -3.29. The van der Waals surface area contributed by atoms with Gasteiger partial charge >= 0.3 is 0 Å². The van der Waals surface area contributed by atoms with Crippen molar-refractivity contribution in [1.82, 2.24) is 14.9 Å². The Balaban J connectivity index is 1.26. The average Bonchev–Trinajstić information content (AvgIpc) is 3.23. The first kappa shape index (κ1) is 21.3. The molecule has 0 saturated heterocycles. The number of aromatic nitrogens is 2. The first-order chi connectivity index (χ1) is 16.7. The lowest BCUT2D eigenvalue weighted by Gasteiger charge is -2.28. The second-order valence-electron chi connectivity index (χ2n) is 8.89. The van der Waals surface area contributed by atoms with Crippen molar-refractivity contribution < 1.29 is 9.53 Å². The molecule has 1 N–H and O–H groups in total. The molecule has 1 atom stereocenters. The van der Waals surface area contributed by atoms with Crippen LogP contribution in [0.2, 0.25) is 0 Å². The summed E-state index contributed by atoms with van der Waals surface area (Å²) < 4.78 is 6.06. The van der Waals surface area contributed by atoms with Gasteiger partial charge in [-0.3, -0.25) is 4.79 Å². The Bertz CT molecular complexity index is 1380. The summed E-state index contributed by atoms with van der Waals surface area (Å²) in [4.78, 5) is 26.0. The van der Waals surface area contributed by atoms with E-state index >= 15 is 0 Å². The summed E-state index contributed by atoms with van der Waals surface area (Å²) >= 11 is 1.46. The zero-order valence-electron chi connectivity index (χ0n) is 19.1. The molecule has 34 heavy (non-hydrogen) atoms. The van der Waals surface area contributed by atoms with Gasteiger partial charge in [-0.1, -0.05) is 48.5 Å². The molecular formula is C27H26N4O2S. The van der Waals surface area contributed by atoms with E-state index in [4.69, 9.17) is 4.74 Å². The molecule has 0 radical (unpaired) electrons. The Morgan fingerprint density at radius 3 is 2.76 bits per heavy atom. The van der Waals surface area contributed by atoms with Gasteiger partial charge < -0.3 is 15.0 Å². The molecule has 0 bridgehead atoms. The molecule has 172 valence electrons. The second kappa shape index (κ2) is 8.81. The lowest BCUT2D eigenvalue weighted by atomic mass is 9.97. The first-order valence-corrected chi connectivity index (χ1v) is 12.5. The highest BCUT2D eigenvalue weighted by Crippen LogP contribution is 2.35. The van der Waals surface area contributed by atoms with Crippen molar-refractivity contribution in [2.24, 2.45) is 0 Å². The van der Waals surface area contributed by atoms with Crippen LogP contribution >= 0.6 is 11.3 Å². The topological polar surface area (TPSA) is 67.4 Å². The highest BCUT2D eigenvalue weighted by molar-refractivity contribution is 7.20. The monoisotopic (exact) mass is 470 g/mol. The maximum Gasteiger partial charge on any atom is 0.264 e. The Morgan fingerprint density at radius 1 is 1.09 bits per heavy atom. The van der Waals surface area contributed by atoms with Gasteiger partial charge in [-0.2, -0.15) is 0 Å². The number of ether oxygens (including phenoxy) is 1. The number of amides is 1. The number of aryl methyl sites for hydroxylation is 1. The van der Waals surface area contributed by atoms with Crippen LogP contribution in [0, 0.1) is 6.92 Å². The van der Waals surface area contributed by atoms with E-state index in [0.29, 0.717) is 13.1 Å². The number of nitrogens with one attached hydrogen (secondary N) is 1. The zero-order valence-corrected chi connectivity index (χ0v) is 19.9. The zero-order chi connectivity index (χ0) is 23.1. The minimum absolute atomic E-state index is 0.0246. The molecular weight excluding hydrogens is 444 g/mol. The first-order valence-electron chi connectivity index (χ1n) is 11.7. The number of rotatable bonds is 4. The smallest absolute Gasteiger partial charge is 0.264 e. The predicted octanol–water partition coefficient (Wildman–Crippen LogP) is 4.92. The lowest BCUT2D eigenvalue weighted by Crippen LogP contribution is -2.35. The molecule has 7 heteroatoms. The SMILES string of the molecule is Cc1c(C(=O)N2CCc3ccccc3C2)sc2ncnc(NCC3OCCc4ccccc43)c12. The van der Waals surface area contributed by atoms with Crippen LogP contribution in [0.4, 0.5) is 5.82 Å². The normalized spacial score (nSPS) is 17.3. The van der Waals surface area contributed by atoms with Crippen LogP contribution in [0.15, 0.2) is 54.9 Å². The Kier molecular flexibility index (Phi) is 5.51. The molecule has 0 saturated carbocycles. The molecule has 0 fully saturated rings. The largest absolute Gasteiger partial charge is 0.371 e. The fourth-order valence-electron chi connectivity index (χ4n) is 5.06. The molecule has 2 aliphatic rings. The maximum atomic E-state index is 13.5. The molecule has 6 rings (SSSR count). The van der Waals surface area contributed by atoms with Gasteiger partial charge in [0.05, 0.1) is 23.0 Å². The molecule has 1 amide bonds. The van der Waals surface area contributed by atoms with Crippen LogP contribution in [0.1, 0.15) is 43.6 Å². The number of anilines is 1. The van der Waals surface area contributed by atoms with Crippen molar-refractivity contribution in [3.8, 4) is 0 Å². The van der Waals surface area contributed by atoms with Gasteiger partial charge in [0, 0.05) is 19.6 Å². The van der Waals surface area contributed by atoms with Gasteiger partial charge in [-0.05, 0) is 47.6 Å². The van der Waals surface area contributed by atoms with E-state index in [1.165, 1.54) is 33.6 Å². The third kappa shape index (κ3) is 3.75. The molecule has 0 aliphatic carbocycles. The number of nitrogens with zero attached hydrogens (tertiary/aromatic N) is 3. The summed E-state index contributed by atoms with van der Waals surface area (Å²) in [5.41, 5.74) is 6.09. The fraction of sp³-hybridized carbons (Fsp3) is 0.296. The van der Waals surface area contributed by atoms with E-state index in [1.54, 1.807) is 6.33 Å². The molecule has 6 nitrogen and oxygen atoms in total. The lowest BCUT2D eigenvalue weighted by molar-refractivity contribution is 0.0513. The maximum absolute atomic E-state index is 13.5. The molecule has 2 aliphatic heterocycles. The average molecular weight is 471 g/mol. The number of carbonyl (C=O) groups is 1. The minimum atomic E-state index is -0.0246.